The van der Waals surface area contributed by atoms with E-state index in [-0.39, 0.29) is 22.7 Å². The predicted octanol–water partition coefficient (Wildman–Crippen LogP) is 2.15. The van der Waals surface area contributed by atoms with Crippen molar-refractivity contribution >= 4 is 16.0 Å². The third-order valence-electron chi connectivity index (χ3n) is 5.38. The van der Waals surface area contributed by atoms with E-state index in [9.17, 15) is 12.8 Å². The van der Waals surface area contributed by atoms with E-state index < -0.39 is 10.0 Å². The first kappa shape index (κ1) is 23.2. The molecule has 3 rings (SSSR count). The number of aliphatic imine (C=N–C) groups is 1. The van der Waals surface area contributed by atoms with Gasteiger partial charge in [0, 0.05) is 39.2 Å². The zero-order chi connectivity index (χ0) is 22.3. The number of methoxy groups -OCH3 is 1. The van der Waals surface area contributed by atoms with Crippen molar-refractivity contribution in [1.29, 1.82) is 0 Å². The molecule has 9 heteroatoms. The van der Waals surface area contributed by atoms with E-state index in [1.807, 2.05) is 18.2 Å². The summed E-state index contributed by atoms with van der Waals surface area (Å²) in [6.07, 6.45) is 1.85. The maximum atomic E-state index is 14.2. The van der Waals surface area contributed by atoms with Crippen molar-refractivity contribution in [1.82, 2.24) is 15.4 Å². The van der Waals surface area contributed by atoms with Crippen LogP contribution in [0.2, 0.25) is 0 Å². The highest BCUT2D eigenvalue weighted by molar-refractivity contribution is 7.89. The van der Waals surface area contributed by atoms with Gasteiger partial charge in [0.15, 0.2) is 5.96 Å². The molecule has 168 valence electrons. The van der Waals surface area contributed by atoms with Gasteiger partial charge in [-0.15, -0.1) is 0 Å². The van der Waals surface area contributed by atoms with Gasteiger partial charge in [0.05, 0.1) is 11.5 Å². The molecular formula is C22H29FN4O3S. The minimum absolute atomic E-state index is 0.179. The van der Waals surface area contributed by atoms with Crippen LogP contribution in [0.15, 0.2) is 58.4 Å². The Morgan fingerprint density at radius 1 is 1.16 bits per heavy atom. The fraction of sp³-hybridized carbons (Fsp3) is 0.409. The molecule has 1 aliphatic carbocycles. The summed E-state index contributed by atoms with van der Waals surface area (Å²) in [6, 6.07) is 13.6. The Bertz CT molecular complexity index is 1020. The summed E-state index contributed by atoms with van der Waals surface area (Å²) >= 11 is 0. The molecule has 0 unspecified atom stereocenters. The number of hydrogen-bond acceptors (Lipinski definition) is 4. The van der Waals surface area contributed by atoms with Crippen molar-refractivity contribution in [2.24, 2.45) is 4.99 Å². The molecule has 2 aromatic carbocycles. The first-order valence-corrected chi connectivity index (χ1v) is 11.7. The number of rotatable bonds is 10. The van der Waals surface area contributed by atoms with Gasteiger partial charge in [-0.1, -0.05) is 30.3 Å². The Morgan fingerprint density at radius 2 is 1.94 bits per heavy atom. The van der Waals surface area contributed by atoms with Crippen molar-refractivity contribution in [2.45, 2.75) is 29.7 Å². The number of sulfonamides is 1. The van der Waals surface area contributed by atoms with Gasteiger partial charge in [-0.25, -0.2) is 17.5 Å². The second-order valence-corrected chi connectivity index (χ2v) is 9.34. The van der Waals surface area contributed by atoms with E-state index in [0.717, 1.165) is 24.0 Å². The van der Waals surface area contributed by atoms with E-state index in [1.165, 1.54) is 13.2 Å². The van der Waals surface area contributed by atoms with Gasteiger partial charge < -0.3 is 15.4 Å². The quantitative estimate of drug-likeness (QED) is 0.294. The number of benzene rings is 2. The van der Waals surface area contributed by atoms with Crippen molar-refractivity contribution in [3.8, 4) is 0 Å². The Kier molecular flexibility index (Phi) is 7.64. The molecule has 1 fully saturated rings. The van der Waals surface area contributed by atoms with E-state index in [2.05, 4.69) is 20.3 Å². The van der Waals surface area contributed by atoms with Gasteiger partial charge in [-0.3, -0.25) is 4.99 Å². The van der Waals surface area contributed by atoms with Crippen LogP contribution in [0.4, 0.5) is 4.39 Å². The highest BCUT2D eigenvalue weighted by atomic mass is 32.2. The zero-order valence-electron chi connectivity index (χ0n) is 17.8. The van der Waals surface area contributed by atoms with E-state index in [4.69, 9.17) is 4.74 Å². The lowest BCUT2D eigenvalue weighted by atomic mass is 9.95. The lowest BCUT2D eigenvalue weighted by molar-refractivity contribution is 0.204. The lowest BCUT2D eigenvalue weighted by Crippen LogP contribution is -2.41. The number of hydrogen-bond donors (Lipinski definition) is 3. The summed E-state index contributed by atoms with van der Waals surface area (Å²) in [5.74, 6) is 0.399. The molecule has 2 aromatic rings. The van der Waals surface area contributed by atoms with Crippen LogP contribution >= 0.6 is 0 Å². The standard InChI is InChI=1S/C22H29FN4O3S/c1-24-21(26-16-22(10-11-22)19-8-3-4-9-20(19)23)25-15-17-6-5-7-18(14-17)31(28,29)27-12-13-30-2/h3-9,14,27H,10-13,15-16H2,1-2H3,(H2,24,25,26). The molecule has 3 N–H and O–H groups in total. The second-order valence-electron chi connectivity index (χ2n) is 7.58. The van der Waals surface area contributed by atoms with E-state index in [0.29, 0.717) is 25.7 Å². The normalized spacial score (nSPS) is 15.5. The maximum absolute atomic E-state index is 14.2. The lowest BCUT2D eigenvalue weighted by Gasteiger charge is -2.19. The van der Waals surface area contributed by atoms with Crippen LogP contribution in [0, 0.1) is 5.82 Å². The minimum atomic E-state index is -3.59. The van der Waals surface area contributed by atoms with Crippen molar-refractivity contribution < 1.29 is 17.5 Å². The average molecular weight is 449 g/mol. The summed E-state index contributed by atoms with van der Waals surface area (Å²) in [6.45, 7) is 1.48. The molecule has 1 saturated carbocycles. The van der Waals surface area contributed by atoms with Gasteiger partial charge in [0.2, 0.25) is 10.0 Å². The largest absolute Gasteiger partial charge is 0.383 e. The van der Waals surface area contributed by atoms with Crippen LogP contribution in [0.5, 0.6) is 0 Å². The summed E-state index contributed by atoms with van der Waals surface area (Å²) in [5, 5.41) is 6.47. The smallest absolute Gasteiger partial charge is 0.240 e. The van der Waals surface area contributed by atoms with Gasteiger partial charge in [-0.2, -0.15) is 0 Å². The van der Waals surface area contributed by atoms with Gasteiger partial charge >= 0.3 is 0 Å². The van der Waals surface area contributed by atoms with Crippen molar-refractivity contribution in [2.75, 3.05) is 33.9 Å². The third kappa shape index (κ3) is 6.03. The van der Waals surface area contributed by atoms with Crippen molar-refractivity contribution in [3.05, 3.63) is 65.5 Å². The molecule has 0 saturated heterocycles. The second kappa shape index (κ2) is 10.2. The monoisotopic (exact) mass is 448 g/mol. The summed E-state index contributed by atoms with van der Waals surface area (Å²) in [7, 11) is -0.412. The first-order valence-electron chi connectivity index (χ1n) is 10.2. The minimum Gasteiger partial charge on any atom is -0.383 e. The first-order chi connectivity index (χ1) is 14.9. The Labute approximate surface area is 183 Å². The fourth-order valence-corrected chi connectivity index (χ4v) is 4.51. The Hall–Kier alpha value is -2.49. The number of ether oxygens (including phenoxy) is 1. The topological polar surface area (TPSA) is 91.8 Å². The number of nitrogens with zero attached hydrogens (tertiary/aromatic N) is 1. The predicted molar refractivity (Wildman–Crippen MR) is 119 cm³/mol. The molecule has 0 radical (unpaired) electrons. The fourth-order valence-electron chi connectivity index (χ4n) is 3.43. The highest BCUT2D eigenvalue weighted by Crippen LogP contribution is 2.48. The van der Waals surface area contributed by atoms with E-state index in [1.54, 1.807) is 31.3 Å². The summed E-state index contributed by atoms with van der Waals surface area (Å²) in [5.41, 5.74) is 1.33. The third-order valence-corrected chi connectivity index (χ3v) is 6.84. The molecule has 7 nitrogen and oxygen atoms in total. The molecule has 0 amide bonds. The molecule has 0 atom stereocenters. The van der Waals surface area contributed by atoms with Crippen LogP contribution in [-0.4, -0.2) is 48.2 Å². The average Bonchev–Trinajstić information content (AvgIpc) is 3.55. The highest BCUT2D eigenvalue weighted by Gasteiger charge is 2.45. The zero-order valence-corrected chi connectivity index (χ0v) is 18.6. The van der Waals surface area contributed by atoms with Gasteiger partial charge in [-0.05, 0) is 42.2 Å². The SMILES string of the molecule is CN=C(NCc1cccc(S(=O)(=O)NCCOC)c1)NCC1(c2ccccc2F)CC1. The van der Waals surface area contributed by atoms with Crippen LogP contribution < -0.4 is 15.4 Å². The van der Waals surface area contributed by atoms with Crippen molar-refractivity contribution in [3.63, 3.8) is 0 Å². The Morgan fingerprint density at radius 3 is 2.61 bits per heavy atom. The molecule has 31 heavy (non-hydrogen) atoms. The number of guanidine groups is 1. The molecular weight excluding hydrogens is 419 g/mol. The molecule has 0 aromatic heterocycles. The number of halogens is 1. The molecule has 0 spiro atoms. The van der Waals surface area contributed by atoms with E-state index >= 15 is 0 Å². The van der Waals surface area contributed by atoms with Gasteiger partial charge in [0.25, 0.3) is 0 Å². The molecule has 0 heterocycles. The van der Waals surface area contributed by atoms with Crippen LogP contribution in [-0.2, 0) is 26.7 Å². The van der Waals surface area contributed by atoms with Crippen LogP contribution in [0.1, 0.15) is 24.0 Å². The van der Waals surface area contributed by atoms with Crippen LogP contribution in [0.25, 0.3) is 0 Å². The summed E-state index contributed by atoms with van der Waals surface area (Å²) in [4.78, 5) is 4.42. The number of nitrogens with one attached hydrogen (secondary N) is 3. The maximum Gasteiger partial charge on any atom is 0.240 e. The summed E-state index contributed by atoms with van der Waals surface area (Å²) < 4.78 is 46.3. The Balaban J connectivity index is 1.57. The molecule has 1 aliphatic rings. The van der Waals surface area contributed by atoms with Gasteiger partial charge in [0.1, 0.15) is 5.82 Å². The molecule has 0 bridgehead atoms. The van der Waals surface area contributed by atoms with Crippen LogP contribution in [0.3, 0.4) is 0 Å². The molecule has 0 aliphatic heterocycles.